The number of rotatable bonds is 2. The van der Waals surface area contributed by atoms with Gasteiger partial charge >= 0.3 is 5.51 Å². The first kappa shape index (κ1) is 11.8. The molecule has 0 aliphatic rings. The van der Waals surface area contributed by atoms with Crippen LogP contribution in [0.15, 0.2) is 40.1 Å². The van der Waals surface area contributed by atoms with Gasteiger partial charge in [-0.1, -0.05) is 5.16 Å². The summed E-state index contributed by atoms with van der Waals surface area (Å²) in [6.45, 7) is 0. The molecule has 0 saturated carbocycles. The van der Waals surface area contributed by atoms with Gasteiger partial charge in [-0.3, -0.25) is 0 Å². The van der Waals surface area contributed by atoms with Crippen molar-refractivity contribution in [3.05, 3.63) is 30.7 Å². The summed E-state index contributed by atoms with van der Waals surface area (Å²) in [7, 11) is -3.02. The van der Waals surface area contributed by atoms with Crippen molar-refractivity contribution in [1.29, 1.82) is 0 Å². The van der Waals surface area contributed by atoms with E-state index in [-0.39, 0.29) is 10.7 Å². The fraction of sp³-hybridized carbons (Fsp3) is 0.111. The molecule has 8 heteroatoms. The molecular weight excluding hydrogens is 257 g/mol. The van der Waals surface area contributed by atoms with Gasteiger partial charge in [0.05, 0.1) is 0 Å². The first-order valence-electron chi connectivity index (χ1n) is 4.34. The summed E-state index contributed by atoms with van der Waals surface area (Å²) in [5, 5.41) is 3.53. The highest BCUT2D eigenvalue weighted by Crippen LogP contribution is 2.27. The van der Waals surface area contributed by atoms with E-state index in [2.05, 4.69) is 14.7 Å². The molecule has 90 valence electrons. The number of halogens is 3. The Hall–Kier alpha value is -1.70. The zero-order valence-corrected chi connectivity index (χ0v) is 8.96. The highest BCUT2D eigenvalue weighted by molar-refractivity contribution is 7.86. The molecule has 1 aromatic carbocycles. The molecule has 0 N–H and O–H groups in total. The van der Waals surface area contributed by atoms with Crippen LogP contribution in [0.4, 0.5) is 13.2 Å². The molecule has 0 spiro atoms. The number of nitrogens with zero attached hydrogens (tertiary/aromatic N) is 2. The van der Waals surface area contributed by atoms with Crippen molar-refractivity contribution in [2.75, 3.05) is 0 Å². The summed E-state index contributed by atoms with van der Waals surface area (Å²) < 4.78 is 52.0. The van der Waals surface area contributed by atoms with E-state index in [1.165, 1.54) is 12.1 Å². The lowest BCUT2D eigenvalue weighted by Crippen LogP contribution is -2.16. The standard InChI is InChI=1S/C9H5F3N2O2S/c10-9(11,12)17(15)7-3-1-6(2-4-7)8-13-5-16-14-8/h1-5H. The van der Waals surface area contributed by atoms with Gasteiger partial charge in [0.15, 0.2) is 10.8 Å². The zero-order chi connectivity index (χ0) is 12.5. The van der Waals surface area contributed by atoms with Crippen LogP contribution in [-0.4, -0.2) is 19.9 Å². The van der Waals surface area contributed by atoms with Crippen molar-refractivity contribution < 1.29 is 21.9 Å². The molecule has 1 aromatic heterocycles. The molecule has 0 amide bonds. The Morgan fingerprint density at radius 2 is 1.82 bits per heavy atom. The van der Waals surface area contributed by atoms with Gasteiger partial charge in [-0.2, -0.15) is 18.2 Å². The minimum absolute atomic E-state index is 0.259. The van der Waals surface area contributed by atoms with Gasteiger partial charge in [0.2, 0.25) is 12.2 Å². The molecule has 4 nitrogen and oxygen atoms in total. The Labute approximate surface area is 95.9 Å². The number of alkyl halides is 3. The SMILES string of the molecule is O=S(c1ccc(-c2ncon2)cc1)C(F)(F)F. The lowest BCUT2D eigenvalue weighted by atomic mass is 10.2. The average Bonchev–Trinajstić information content (AvgIpc) is 2.80. The van der Waals surface area contributed by atoms with E-state index in [9.17, 15) is 17.4 Å². The zero-order valence-electron chi connectivity index (χ0n) is 8.14. The third-order valence-electron chi connectivity index (χ3n) is 1.90. The molecule has 1 heterocycles. The first-order chi connectivity index (χ1) is 7.98. The lowest BCUT2D eigenvalue weighted by Gasteiger charge is -2.05. The second-order valence-corrected chi connectivity index (χ2v) is 4.47. The highest BCUT2D eigenvalue weighted by Gasteiger charge is 2.37. The monoisotopic (exact) mass is 262 g/mol. The van der Waals surface area contributed by atoms with Crippen LogP contribution in [0.5, 0.6) is 0 Å². The van der Waals surface area contributed by atoms with Crippen LogP contribution >= 0.6 is 0 Å². The minimum atomic E-state index is -4.76. The molecule has 2 aromatic rings. The van der Waals surface area contributed by atoms with Crippen LogP contribution in [0.2, 0.25) is 0 Å². The van der Waals surface area contributed by atoms with Crippen LogP contribution < -0.4 is 0 Å². The first-order valence-corrected chi connectivity index (χ1v) is 5.49. The van der Waals surface area contributed by atoms with Gasteiger partial charge in [-0.25, -0.2) is 4.21 Å². The van der Waals surface area contributed by atoms with Crippen molar-refractivity contribution in [2.24, 2.45) is 0 Å². The Balaban J connectivity index is 2.28. The van der Waals surface area contributed by atoms with Gasteiger partial charge in [-0.05, 0) is 24.3 Å². The number of hydrogen-bond acceptors (Lipinski definition) is 4. The molecule has 1 unspecified atom stereocenters. The lowest BCUT2D eigenvalue weighted by molar-refractivity contribution is -0.0384. The molecular formula is C9H5F3N2O2S. The maximum atomic E-state index is 12.2. The summed E-state index contributed by atoms with van der Waals surface area (Å²) in [5.41, 5.74) is -4.27. The Morgan fingerprint density at radius 1 is 1.18 bits per heavy atom. The van der Waals surface area contributed by atoms with E-state index < -0.39 is 16.3 Å². The molecule has 17 heavy (non-hydrogen) atoms. The topological polar surface area (TPSA) is 56.0 Å². The van der Waals surface area contributed by atoms with Crippen molar-refractivity contribution in [1.82, 2.24) is 10.1 Å². The summed E-state index contributed by atoms with van der Waals surface area (Å²) in [4.78, 5) is 3.42. The Morgan fingerprint density at radius 3 is 2.29 bits per heavy atom. The molecule has 0 bridgehead atoms. The average molecular weight is 262 g/mol. The third-order valence-corrected chi connectivity index (χ3v) is 3.02. The predicted molar refractivity (Wildman–Crippen MR) is 52.2 cm³/mol. The third kappa shape index (κ3) is 2.52. The van der Waals surface area contributed by atoms with E-state index in [4.69, 9.17) is 0 Å². The van der Waals surface area contributed by atoms with Crippen molar-refractivity contribution >= 4 is 10.8 Å². The molecule has 0 fully saturated rings. The van der Waals surface area contributed by atoms with Gasteiger partial charge in [0, 0.05) is 10.5 Å². The summed E-state index contributed by atoms with van der Waals surface area (Å²) in [5.74, 6) is 0.259. The Kier molecular flexibility index (Phi) is 2.97. The van der Waals surface area contributed by atoms with E-state index >= 15 is 0 Å². The van der Waals surface area contributed by atoms with E-state index in [0.717, 1.165) is 18.5 Å². The molecule has 0 aliphatic heterocycles. The normalized spacial score (nSPS) is 13.6. The molecule has 1 atom stereocenters. The van der Waals surface area contributed by atoms with Gasteiger partial charge in [-0.15, -0.1) is 0 Å². The quantitative estimate of drug-likeness (QED) is 0.833. The second kappa shape index (κ2) is 4.28. The highest BCUT2D eigenvalue weighted by atomic mass is 32.2. The molecule has 0 aliphatic carbocycles. The van der Waals surface area contributed by atoms with Gasteiger partial charge < -0.3 is 4.52 Å². The second-order valence-electron chi connectivity index (χ2n) is 2.99. The van der Waals surface area contributed by atoms with Crippen LogP contribution in [0.25, 0.3) is 11.4 Å². The van der Waals surface area contributed by atoms with E-state index in [1.54, 1.807) is 0 Å². The molecule has 0 saturated heterocycles. The van der Waals surface area contributed by atoms with Crippen LogP contribution in [-0.2, 0) is 10.8 Å². The van der Waals surface area contributed by atoms with E-state index in [0.29, 0.717) is 5.56 Å². The fourth-order valence-electron chi connectivity index (χ4n) is 1.16. The molecule has 2 rings (SSSR count). The van der Waals surface area contributed by atoms with Crippen LogP contribution in [0.3, 0.4) is 0 Å². The summed E-state index contributed by atoms with van der Waals surface area (Å²) in [6.07, 6.45) is 1.11. The number of aromatic nitrogens is 2. The smallest absolute Gasteiger partial charge is 0.342 e. The minimum Gasteiger partial charge on any atom is -0.342 e. The molecule has 0 radical (unpaired) electrons. The van der Waals surface area contributed by atoms with Crippen molar-refractivity contribution in [3.63, 3.8) is 0 Å². The van der Waals surface area contributed by atoms with Crippen LogP contribution in [0, 0.1) is 0 Å². The summed E-state index contributed by atoms with van der Waals surface area (Å²) in [6, 6.07) is 4.94. The van der Waals surface area contributed by atoms with E-state index in [1.807, 2.05) is 0 Å². The maximum absolute atomic E-state index is 12.2. The van der Waals surface area contributed by atoms with Crippen molar-refractivity contribution in [2.45, 2.75) is 10.4 Å². The maximum Gasteiger partial charge on any atom is 0.475 e. The predicted octanol–water partition coefficient (Wildman–Crippen LogP) is 2.36. The Bertz CT molecular complexity index is 522. The summed E-state index contributed by atoms with van der Waals surface area (Å²) >= 11 is 0. The van der Waals surface area contributed by atoms with Crippen molar-refractivity contribution in [3.8, 4) is 11.4 Å². The number of benzene rings is 1. The van der Waals surface area contributed by atoms with Gasteiger partial charge in [0.1, 0.15) is 0 Å². The van der Waals surface area contributed by atoms with Crippen LogP contribution in [0.1, 0.15) is 0 Å². The fourth-order valence-corrected chi connectivity index (χ4v) is 1.81. The largest absolute Gasteiger partial charge is 0.475 e. The van der Waals surface area contributed by atoms with Gasteiger partial charge in [0.25, 0.3) is 0 Å². The number of hydrogen-bond donors (Lipinski definition) is 0.